The van der Waals surface area contributed by atoms with Crippen LogP contribution < -0.4 is 19.3 Å². The number of carbonyl (C=O) groups excluding carboxylic acids is 3. The molecule has 9 heteroatoms. The van der Waals surface area contributed by atoms with Crippen molar-refractivity contribution in [2.45, 2.75) is 92.4 Å². The van der Waals surface area contributed by atoms with Gasteiger partial charge < -0.3 is 28.7 Å². The third-order valence-electron chi connectivity index (χ3n) is 10.5. The van der Waals surface area contributed by atoms with Crippen LogP contribution in [0, 0.1) is 0 Å². The van der Waals surface area contributed by atoms with Crippen molar-refractivity contribution in [1.29, 1.82) is 0 Å². The van der Waals surface area contributed by atoms with Crippen molar-refractivity contribution >= 4 is 53.4 Å². The minimum Gasteiger partial charge on any atom is -0.496 e. The Balaban J connectivity index is 1.51. The fourth-order valence-corrected chi connectivity index (χ4v) is 6.79. The number of hydrogen-bond donors (Lipinski definition) is 0. The molecule has 0 unspecified atom stereocenters. The van der Waals surface area contributed by atoms with Gasteiger partial charge in [0.2, 0.25) is 0 Å². The van der Waals surface area contributed by atoms with E-state index in [0.717, 1.165) is 54.2 Å². The first-order valence-corrected chi connectivity index (χ1v) is 22.5. The van der Waals surface area contributed by atoms with Crippen LogP contribution in [0.15, 0.2) is 84.9 Å². The lowest BCUT2D eigenvalue weighted by Crippen LogP contribution is -2.25. The average Bonchev–Trinajstić information content (AvgIpc) is 3.30. The molecular formula is C53H68N2O7. The topological polar surface area (TPSA) is 94.6 Å². The number of nitrogens with zero attached hydrogens (tertiary/aromatic N) is 2. The van der Waals surface area contributed by atoms with Crippen LogP contribution in [0.4, 0.5) is 11.4 Å². The second kappa shape index (κ2) is 27.2. The Kier molecular flexibility index (Phi) is 21.4. The molecule has 332 valence electrons. The Hall–Kier alpha value is -5.83. The van der Waals surface area contributed by atoms with Crippen molar-refractivity contribution in [3.63, 3.8) is 0 Å². The smallest absolute Gasteiger partial charge is 0.338 e. The van der Waals surface area contributed by atoms with E-state index in [4.69, 9.17) is 18.9 Å². The highest BCUT2D eigenvalue weighted by Gasteiger charge is 2.14. The van der Waals surface area contributed by atoms with E-state index >= 15 is 0 Å². The molecule has 0 fully saturated rings. The van der Waals surface area contributed by atoms with Crippen molar-refractivity contribution in [2.75, 3.05) is 62.9 Å². The summed E-state index contributed by atoms with van der Waals surface area (Å²) in [6, 6.07) is 27.6. The summed E-state index contributed by atoms with van der Waals surface area (Å²) in [5.74, 6) is 0.0192. The van der Waals surface area contributed by atoms with E-state index < -0.39 is 11.9 Å². The number of ketones is 1. The van der Waals surface area contributed by atoms with E-state index in [1.54, 1.807) is 7.11 Å². The lowest BCUT2D eigenvalue weighted by Gasteiger charge is -2.24. The minimum absolute atomic E-state index is 0.143. The number of rotatable bonds is 28. The highest BCUT2D eigenvalue weighted by Crippen LogP contribution is 2.33. The van der Waals surface area contributed by atoms with Gasteiger partial charge in [0.15, 0.2) is 12.4 Å². The van der Waals surface area contributed by atoms with Crippen LogP contribution in [-0.4, -0.2) is 70.8 Å². The van der Waals surface area contributed by atoms with Crippen LogP contribution in [0.2, 0.25) is 0 Å². The highest BCUT2D eigenvalue weighted by atomic mass is 16.5. The first kappa shape index (κ1) is 48.8. The van der Waals surface area contributed by atoms with Crippen LogP contribution in [0.25, 0.3) is 24.3 Å². The maximum Gasteiger partial charge on any atom is 0.338 e. The van der Waals surface area contributed by atoms with Gasteiger partial charge in [-0.15, -0.1) is 0 Å². The molecule has 0 saturated carbocycles. The molecule has 0 bridgehead atoms. The van der Waals surface area contributed by atoms with Gasteiger partial charge in [-0.1, -0.05) is 114 Å². The van der Waals surface area contributed by atoms with Crippen LogP contribution in [0.5, 0.6) is 11.5 Å². The van der Waals surface area contributed by atoms with Crippen LogP contribution in [-0.2, 0) is 14.3 Å². The number of unbranched alkanes of at least 4 members (excludes halogenated alkanes) is 4. The fourth-order valence-electron chi connectivity index (χ4n) is 6.79. The monoisotopic (exact) mass is 845 g/mol. The van der Waals surface area contributed by atoms with Gasteiger partial charge in [-0.2, -0.15) is 0 Å². The number of ether oxygens (including phenoxy) is 4. The van der Waals surface area contributed by atoms with Crippen molar-refractivity contribution in [3.05, 3.63) is 118 Å². The van der Waals surface area contributed by atoms with Gasteiger partial charge in [0.05, 0.1) is 25.9 Å². The van der Waals surface area contributed by atoms with Crippen molar-refractivity contribution in [2.24, 2.45) is 0 Å². The van der Waals surface area contributed by atoms with Crippen molar-refractivity contribution in [3.8, 4) is 11.5 Å². The number of anilines is 2. The maximum absolute atomic E-state index is 12.8. The van der Waals surface area contributed by atoms with Gasteiger partial charge in [0.25, 0.3) is 0 Å². The summed E-state index contributed by atoms with van der Waals surface area (Å²) in [5, 5.41) is 0. The summed E-state index contributed by atoms with van der Waals surface area (Å²) in [4.78, 5) is 41.0. The summed E-state index contributed by atoms with van der Waals surface area (Å²) >= 11 is 0. The lowest BCUT2D eigenvalue weighted by molar-refractivity contribution is -0.139. The van der Waals surface area contributed by atoms with E-state index in [1.165, 1.54) is 93.9 Å². The van der Waals surface area contributed by atoms with Gasteiger partial charge in [-0.3, -0.25) is 9.59 Å². The van der Waals surface area contributed by atoms with Gasteiger partial charge in [0.1, 0.15) is 11.5 Å². The number of hydrogen-bond acceptors (Lipinski definition) is 9. The molecule has 4 aromatic carbocycles. The van der Waals surface area contributed by atoms with Crippen molar-refractivity contribution in [1.82, 2.24) is 0 Å². The third-order valence-corrected chi connectivity index (χ3v) is 10.5. The zero-order valence-corrected chi connectivity index (χ0v) is 38.0. The van der Waals surface area contributed by atoms with Crippen LogP contribution in [0.3, 0.4) is 0 Å². The Labute approximate surface area is 370 Å². The van der Waals surface area contributed by atoms with E-state index in [2.05, 4.69) is 110 Å². The molecule has 0 N–H and O–H groups in total. The van der Waals surface area contributed by atoms with Gasteiger partial charge in [-0.05, 0) is 85.3 Å². The molecule has 0 aliphatic carbocycles. The maximum atomic E-state index is 12.8. The largest absolute Gasteiger partial charge is 0.496 e. The molecule has 0 aliphatic heterocycles. The zero-order chi connectivity index (χ0) is 44.5. The predicted molar refractivity (Wildman–Crippen MR) is 256 cm³/mol. The minimum atomic E-state index is -0.531. The molecule has 0 saturated heterocycles. The zero-order valence-electron chi connectivity index (χ0n) is 38.0. The van der Waals surface area contributed by atoms with Crippen LogP contribution >= 0.6 is 0 Å². The van der Waals surface area contributed by atoms with Crippen molar-refractivity contribution < 1.29 is 33.3 Å². The third kappa shape index (κ3) is 16.2. The molecule has 0 radical (unpaired) electrons. The number of benzene rings is 4. The molecule has 0 aliphatic rings. The van der Waals surface area contributed by atoms with Gasteiger partial charge in [-0.25, -0.2) is 4.79 Å². The Morgan fingerprint density at radius 1 is 0.532 bits per heavy atom. The van der Waals surface area contributed by atoms with E-state index in [1.807, 2.05) is 12.1 Å². The molecule has 0 amide bonds. The van der Waals surface area contributed by atoms with Crippen LogP contribution in [0.1, 0.15) is 135 Å². The first-order chi connectivity index (χ1) is 30.2. The summed E-state index contributed by atoms with van der Waals surface area (Å²) in [7, 11) is 1.68. The molecule has 0 spiro atoms. The molecule has 0 heterocycles. The fraction of sp³-hybridized carbons (Fsp3) is 0.415. The highest BCUT2D eigenvalue weighted by molar-refractivity contribution is 5.99. The predicted octanol–water partition coefficient (Wildman–Crippen LogP) is 12.2. The number of esters is 2. The summed E-state index contributed by atoms with van der Waals surface area (Å²) in [6.07, 6.45) is 18.1. The van der Waals surface area contributed by atoms with E-state index in [9.17, 15) is 14.4 Å². The standard InChI is InChI=1S/C53H68N2O7/c1-7-11-32-54(33-12-8-2)48-28-18-42(19-29-48)16-22-46-39-52(60-36-15-37-61-53(58)45-26-24-44(25-27-45)50(57)40-62-41(5)56)47(38-51(46)59-6)23-17-43-20-30-49(31-21-43)55(34-13-9-3)35-14-10-4/h16-31,38-39H,7-15,32-37,40H2,1-6H3/b22-16+,23-17+. The number of methoxy groups -OCH3 is 1. The van der Waals surface area contributed by atoms with E-state index in [0.29, 0.717) is 29.9 Å². The number of carbonyl (C=O) groups is 3. The van der Waals surface area contributed by atoms with Gasteiger partial charge in [0, 0.05) is 67.6 Å². The Morgan fingerprint density at radius 2 is 0.984 bits per heavy atom. The molecule has 4 rings (SSSR count). The summed E-state index contributed by atoms with van der Waals surface area (Å²) < 4.78 is 22.6. The quantitative estimate of drug-likeness (QED) is 0.0240. The summed E-state index contributed by atoms with van der Waals surface area (Å²) in [5.41, 5.74) is 7.06. The lowest BCUT2D eigenvalue weighted by atomic mass is 10.0. The normalized spacial score (nSPS) is 11.2. The average molecular weight is 845 g/mol. The molecule has 62 heavy (non-hydrogen) atoms. The number of Topliss-reactive ketones (excluding diaryl/α,β-unsaturated/α-hetero) is 1. The Morgan fingerprint density at radius 3 is 1.44 bits per heavy atom. The molecule has 0 atom stereocenters. The summed E-state index contributed by atoms with van der Waals surface area (Å²) in [6.45, 7) is 14.5. The second-order valence-corrected chi connectivity index (χ2v) is 15.5. The van der Waals surface area contributed by atoms with Gasteiger partial charge >= 0.3 is 11.9 Å². The molecule has 4 aromatic rings. The van der Waals surface area contributed by atoms with E-state index in [-0.39, 0.29) is 19.0 Å². The molecule has 0 aromatic heterocycles. The first-order valence-electron chi connectivity index (χ1n) is 22.5. The Bertz CT molecular complexity index is 2000. The second-order valence-electron chi connectivity index (χ2n) is 15.5. The SMILES string of the molecule is CCCCN(CCCC)c1ccc(/C=C/c2cc(OCCCOC(=O)c3ccc(C(=O)COC(C)=O)cc3)c(/C=C/c3ccc(N(CCCC)CCCC)cc3)cc2OC)cc1. The molecule has 9 nitrogen and oxygen atoms in total. The molecular weight excluding hydrogens is 777 g/mol.